The number of nitrogens with zero attached hydrogens (tertiary/aromatic N) is 1. The van der Waals surface area contributed by atoms with Crippen molar-refractivity contribution in [2.45, 2.75) is 39.3 Å². The van der Waals surface area contributed by atoms with E-state index in [1.165, 1.54) is 11.1 Å². The maximum atomic E-state index is 5.54. The highest BCUT2D eigenvalue weighted by atomic mass is 16.5. The fourth-order valence-corrected chi connectivity index (χ4v) is 3.06. The van der Waals surface area contributed by atoms with Gasteiger partial charge in [-0.25, -0.2) is 0 Å². The summed E-state index contributed by atoms with van der Waals surface area (Å²) in [6.45, 7) is 12.2. The molecular weight excluding hydrogens is 236 g/mol. The second-order valence-corrected chi connectivity index (χ2v) is 6.10. The molecular formula is C16H26N2O. The van der Waals surface area contributed by atoms with Crippen LogP contribution in [0.4, 0.5) is 0 Å². The van der Waals surface area contributed by atoms with Crippen molar-refractivity contribution in [3.05, 3.63) is 29.3 Å². The third-order valence-electron chi connectivity index (χ3n) is 4.17. The normalized spacial score (nSPS) is 21.1. The highest BCUT2D eigenvalue weighted by molar-refractivity contribution is 5.39. The molecule has 3 heteroatoms. The van der Waals surface area contributed by atoms with Gasteiger partial charge < -0.3 is 10.1 Å². The predicted molar refractivity (Wildman–Crippen MR) is 79.8 cm³/mol. The summed E-state index contributed by atoms with van der Waals surface area (Å²) in [4.78, 5) is 2.57. The minimum atomic E-state index is 0.173. The third-order valence-corrected chi connectivity index (χ3v) is 4.17. The number of hydrogen-bond acceptors (Lipinski definition) is 3. The van der Waals surface area contributed by atoms with Crippen molar-refractivity contribution in [1.82, 2.24) is 10.2 Å². The molecule has 3 nitrogen and oxygen atoms in total. The predicted octanol–water partition coefficient (Wildman–Crippen LogP) is 2.75. The molecule has 19 heavy (non-hydrogen) atoms. The number of rotatable bonds is 3. The Bertz CT molecular complexity index is 442. The van der Waals surface area contributed by atoms with Gasteiger partial charge in [-0.05, 0) is 33.8 Å². The molecule has 1 aliphatic rings. The number of nitrogens with one attached hydrogen (secondary N) is 1. The lowest BCUT2D eigenvalue weighted by Gasteiger charge is -2.46. The van der Waals surface area contributed by atoms with E-state index < -0.39 is 0 Å². The number of aryl methyl sites for hydroxylation is 1. The van der Waals surface area contributed by atoms with Crippen molar-refractivity contribution in [3.63, 3.8) is 0 Å². The molecule has 1 unspecified atom stereocenters. The Morgan fingerprint density at radius 2 is 2.11 bits per heavy atom. The molecule has 0 radical (unpaired) electrons. The fourth-order valence-electron chi connectivity index (χ4n) is 3.06. The Morgan fingerprint density at radius 3 is 2.74 bits per heavy atom. The van der Waals surface area contributed by atoms with Gasteiger partial charge in [-0.3, -0.25) is 4.90 Å². The molecule has 2 rings (SSSR count). The van der Waals surface area contributed by atoms with E-state index >= 15 is 0 Å². The van der Waals surface area contributed by atoms with Gasteiger partial charge in [0.2, 0.25) is 0 Å². The van der Waals surface area contributed by atoms with E-state index in [0.717, 1.165) is 25.4 Å². The Labute approximate surface area is 116 Å². The summed E-state index contributed by atoms with van der Waals surface area (Å²) in [5.74, 6) is 0.993. The van der Waals surface area contributed by atoms with E-state index in [2.05, 4.69) is 56.1 Å². The number of ether oxygens (including phenoxy) is 1. The molecule has 1 aromatic carbocycles. The molecule has 0 aromatic heterocycles. The summed E-state index contributed by atoms with van der Waals surface area (Å²) < 4.78 is 5.54. The number of piperazine rings is 1. The van der Waals surface area contributed by atoms with Crippen LogP contribution >= 0.6 is 0 Å². The minimum Gasteiger partial charge on any atom is -0.496 e. The zero-order chi connectivity index (χ0) is 14.0. The molecule has 1 heterocycles. The van der Waals surface area contributed by atoms with Crippen molar-refractivity contribution in [2.24, 2.45) is 0 Å². The van der Waals surface area contributed by atoms with Crippen LogP contribution in [0.1, 0.15) is 37.9 Å². The highest BCUT2D eigenvalue weighted by Gasteiger charge is 2.34. The van der Waals surface area contributed by atoms with Crippen LogP contribution in [-0.2, 0) is 0 Å². The van der Waals surface area contributed by atoms with E-state index in [9.17, 15) is 0 Å². The average Bonchev–Trinajstić information content (AvgIpc) is 2.37. The molecule has 0 spiro atoms. The Balaban J connectivity index is 2.32. The van der Waals surface area contributed by atoms with Gasteiger partial charge in [0.05, 0.1) is 7.11 Å². The monoisotopic (exact) mass is 262 g/mol. The van der Waals surface area contributed by atoms with Gasteiger partial charge in [0, 0.05) is 36.8 Å². The van der Waals surface area contributed by atoms with Crippen molar-refractivity contribution in [1.29, 1.82) is 0 Å². The first-order chi connectivity index (χ1) is 8.95. The minimum absolute atomic E-state index is 0.173. The van der Waals surface area contributed by atoms with E-state index in [-0.39, 0.29) is 5.54 Å². The smallest absolute Gasteiger partial charge is 0.123 e. The van der Waals surface area contributed by atoms with Crippen molar-refractivity contribution in [2.75, 3.05) is 26.7 Å². The molecule has 106 valence electrons. The maximum Gasteiger partial charge on any atom is 0.123 e. The average molecular weight is 262 g/mol. The SMILES string of the molecule is COc1ccc(C)cc1C(C)N1CCNCC1(C)C. The van der Waals surface area contributed by atoms with E-state index in [1.54, 1.807) is 7.11 Å². The van der Waals surface area contributed by atoms with E-state index in [1.807, 2.05) is 0 Å². The molecule has 0 bridgehead atoms. The summed E-state index contributed by atoms with van der Waals surface area (Å²) in [5, 5.41) is 3.48. The Kier molecular flexibility index (Phi) is 4.16. The van der Waals surface area contributed by atoms with Gasteiger partial charge >= 0.3 is 0 Å². The Morgan fingerprint density at radius 1 is 1.37 bits per heavy atom. The summed E-state index contributed by atoms with van der Waals surface area (Å²) in [5.41, 5.74) is 2.75. The summed E-state index contributed by atoms with van der Waals surface area (Å²) in [6.07, 6.45) is 0. The van der Waals surface area contributed by atoms with Gasteiger partial charge in [0.1, 0.15) is 5.75 Å². The van der Waals surface area contributed by atoms with Gasteiger partial charge in [-0.1, -0.05) is 17.7 Å². The van der Waals surface area contributed by atoms with Crippen LogP contribution in [0.25, 0.3) is 0 Å². The van der Waals surface area contributed by atoms with Gasteiger partial charge in [-0.15, -0.1) is 0 Å². The van der Waals surface area contributed by atoms with Crippen LogP contribution in [0.2, 0.25) is 0 Å². The van der Waals surface area contributed by atoms with Crippen molar-refractivity contribution >= 4 is 0 Å². The second-order valence-electron chi connectivity index (χ2n) is 6.10. The number of methoxy groups -OCH3 is 1. The largest absolute Gasteiger partial charge is 0.496 e. The van der Waals surface area contributed by atoms with Crippen LogP contribution in [0.3, 0.4) is 0 Å². The lowest BCUT2D eigenvalue weighted by Crippen LogP contribution is -2.58. The topological polar surface area (TPSA) is 24.5 Å². The van der Waals surface area contributed by atoms with Crippen LogP contribution in [-0.4, -0.2) is 37.2 Å². The molecule has 1 aliphatic heterocycles. The molecule has 1 saturated heterocycles. The maximum absolute atomic E-state index is 5.54. The van der Waals surface area contributed by atoms with Crippen molar-refractivity contribution in [3.8, 4) is 5.75 Å². The zero-order valence-electron chi connectivity index (χ0n) is 12.8. The number of benzene rings is 1. The zero-order valence-corrected chi connectivity index (χ0v) is 12.8. The van der Waals surface area contributed by atoms with Crippen molar-refractivity contribution < 1.29 is 4.74 Å². The first kappa shape index (κ1) is 14.4. The Hall–Kier alpha value is -1.06. The lowest BCUT2D eigenvalue weighted by molar-refractivity contribution is 0.0507. The first-order valence-electron chi connectivity index (χ1n) is 7.08. The van der Waals surface area contributed by atoms with Crippen LogP contribution in [0.5, 0.6) is 5.75 Å². The molecule has 1 atom stereocenters. The van der Waals surface area contributed by atoms with Crippen LogP contribution in [0.15, 0.2) is 18.2 Å². The van der Waals surface area contributed by atoms with Gasteiger partial charge in [-0.2, -0.15) is 0 Å². The molecule has 0 amide bonds. The molecule has 1 fully saturated rings. The summed E-state index contributed by atoms with van der Waals surface area (Å²) >= 11 is 0. The standard InChI is InChI=1S/C16H26N2O/c1-12-6-7-15(19-5)14(10-12)13(2)18-9-8-17-11-16(18,3)4/h6-7,10,13,17H,8-9,11H2,1-5H3. The lowest BCUT2D eigenvalue weighted by atomic mass is 9.94. The van der Waals surface area contributed by atoms with Gasteiger partial charge in [0.25, 0.3) is 0 Å². The fraction of sp³-hybridized carbons (Fsp3) is 0.625. The third kappa shape index (κ3) is 2.93. The van der Waals surface area contributed by atoms with E-state index in [0.29, 0.717) is 6.04 Å². The first-order valence-corrected chi connectivity index (χ1v) is 7.08. The second kappa shape index (κ2) is 5.51. The quantitative estimate of drug-likeness (QED) is 0.906. The molecule has 1 N–H and O–H groups in total. The number of hydrogen-bond donors (Lipinski definition) is 1. The molecule has 1 aromatic rings. The molecule has 0 saturated carbocycles. The van der Waals surface area contributed by atoms with Crippen LogP contribution in [0, 0.1) is 6.92 Å². The molecule has 0 aliphatic carbocycles. The van der Waals surface area contributed by atoms with Crippen LogP contribution < -0.4 is 10.1 Å². The van der Waals surface area contributed by atoms with Gasteiger partial charge in [0.15, 0.2) is 0 Å². The highest BCUT2D eigenvalue weighted by Crippen LogP contribution is 2.34. The summed E-state index contributed by atoms with van der Waals surface area (Å²) in [6, 6.07) is 6.81. The van der Waals surface area contributed by atoms with E-state index in [4.69, 9.17) is 4.74 Å². The summed E-state index contributed by atoms with van der Waals surface area (Å²) in [7, 11) is 1.75.